The van der Waals surface area contributed by atoms with Crippen molar-refractivity contribution >= 4 is 11.6 Å². The van der Waals surface area contributed by atoms with Gasteiger partial charge in [-0.2, -0.15) is 13.2 Å². The lowest BCUT2D eigenvalue weighted by Gasteiger charge is -2.39. The first-order chi connectivity index (χ1) is 14.7. The van der Waals surface area contributed by atoms with Crippen molar-refractivity contribution < 1.29 is 22.4 Å². The number of alkyl halides is 3. The van der Waals surface area contributed by atoms with Crippen LogP contribution < -0.4 is 4.90 Å². The van der Waals surface area contributed by atoms with E-state index in [2.05, 4.69) is 4.90 Å². The van der Waals surface area contributed by atoms with Crippen LogP contribution in [0.25, 0.3) is 0 Å². The quantitative estimate of drug-likeness (QED) is 0.523. The number of piperidine rings is 1. The number of hydrogen-bond donors (Lipinski definition) is 0. The number of nitrogens with zero attached hydrogens (tertiary/aromatic N) is 2. The summed E-state index contributed by atoms with van der Waals surface area (Å²) in [4.78, 5) is 16.7. The second-order valence-electron chi connectivity index (χ2n) is 8.15. The highest BCUT2D eigenvalue weighted by Crippen LogP contribution is 2.30. The number of anilines is 1. The molecule has 0 unspecified atom stereocenters. The monoisotopic (exact) mass is 436 g/mol. The SMILES string of the molecule is CCCC(=O)N(c1ccc(C)c(F)c1)C1CCN(Cc2ccc(C(F)(F)F)cc2)CC1. The number of rotatable bonds is 6. The van der Waals surface area contributed by atoms with E-state index < -0.39 is 11.7 Å². The third-order valence-corrected chi connectivity index (χ3v) is 5.78. The molecule has 0 saturated carbocycles. The molecule has 1 heterocycles. The number of carbonyl (C=O) groups is 1. The first-order valence-corrected chi connectivity index (χ1v) is 10.7. The van der Waals surface area contributed by atoms with Crippen molar-refractivity contribution in [1.82, 2.24) is 4.90 Å². The van der Waals surface area contributed by atoms with Gasteiger partial charge >= 0.3 is 6.18 Å². The minimum Gasteiger partial charge on any atom is -0.309 e. The lowest BCUT2D eigenvalue weighted by atomic mass is 10.00. The van der Waals surface area contributed by atoms with Crippen molar-refractivity contribution in [3.63, 3.8) is 0 Å². The van der Waals surface area contributed by atoms with E-state index in [9.17, 15) is 22.4 Å². The molecule has 2 aromatic carbocycles. The molecule has 0 bridgehead atoms. The van der Waals surface area contributed by atoms with Crippen LogP contribution >= 0.6 is 0 Å². The molecule has 1 amide bonds. The molecule has 3 rings (SSSR count). The number of benzene rings is 2. The highest BCUT2D eigenvalue weighted by Gasteiger charge is 2.31. The molecule has 1 aliphatic heterocycles. The van der Waals surface area contributed by atoms with E-state index in [1.165, 1.54) is 18.2 Å². The molecule has 0 atom stereocenters. The van der Waals surface area contributed by atoms with Crippen LogP contribution in [0, 0.1) is 12.7 Å². The zero-order valence-electron chi connectivity index (χ0n) is 17.9. The van der Waals surface area contributed by atoms with Gasteiger partial charge in [0.25, 0.3) is 0 Å². The fraction of sp³-hybridized carbons (Fsp3) is 0.458. The molecule has 31 heavy (non-hydrogen) atoms. The van der Waals surface area contributed by atoms with Crippen LogP contribution in [0.15, 0.2) is 42.5 Å². The number of aryl methyl sites for hydroxylation is 1. The summed E-state index contributed by atoms with van der Waals surface area (Å²) in [6.07, 6.45) is -1.75. The molecule has 0 spiro atoms. The Balaban J connectivity index is 1.66. The summed E-state index contributed by atoms with van der Waals surface area (Å²) in [5.74, 6) is -0.335. The number of carbonyl (C=O) groups excluding carboxylic acids is 1. The van der Waals surface area contributed by atoms with Gasteiger partial charge in [0, 0.05) is 37.8 Å². The van der Waals surface area contributed by atoms with Gasteiger partial charge < -0.3 is 4.90 Å². The molecule has 1 saturated heterocycles. The number of halogens is 4. The van der Waals surface area contributed by atoms with Crippen LogP contribution in [0.5, 0.6) is 0 Å². The third kappa shape index (κ3) is 5.85. The number of amides is 1. The van der Waals surface area contributed by atoms with Gasteiger partial charge in [-0.3, -0.25) is 9.69 Å². The van der Waals surface area contributed by atoms with Crippen LogP contribution in [0.4, 0.5) is 23.2 Å². The molecule has 3 nitrogen and oxygen atoms in total. The molecule has 168 valence electrons. The van der Waals surface area contributed by atoms with E-state index in [0.717, 1.165) is 50.0 Å². The first-order valence-electron chi connectivity index (χ1n) is 10.7. The van der Waals surface area contributed by atoms with E-state index in [-0.39, 0.29) is 17.8 Å². The highest BCUT2D eigenvalue weighted by atomic mass is 19.4. The second kappa shape index (κ2) is 9.81. The van der Waals surface area contributed by atoms with Crippen molar-refractivity contribution in [2.75, 3.05) is 18.0 Å². The van der Waals surface area contributed by atoms with Gasteiger partial charge in [0.05, 0.1) is 5.56 Å². The molecular weight excluding hydrogens is 408 g/mol. The molecule has 7 heteroatoms. The van der Waals surface area contributed by atoms with E-state index in [1.807, 2.05) is 6.92 Å². The summed E-state index contributed by atoms with van der Waals surface area (Å²) < 4.78 is 52.4. The second-order valence-corrected chi connectivity index (χ2v) is 8.15. The van der Waals surface area contributed by atoms with Gasteiger partial charge in [-0.25, -0.2) is 4.39 Å². The molecule has 2 aromatic rings. The van der Waals surface area contributed by atoms with E-state index in [1.54, 1.807) is 24.0 Å². The van der Waals surface area contributed by atoms with Crippen LogP contribution in [-0.4, -0.2) is 29.9 Å². The Labute approximate surface area is 180 Å². The Morgan fingerprint density at radius 3 is 2.29 bits per heavy atom. The number of likely N-dealkylation sites (tertiary alicyclic amines) is 1. The van der Waals surface area contributed by atoms with E-state index in [4.69, 9.17) is 0 Å². The van der Waals surface area contributed by atoms with Crippen molar-refractivity contribution in [2.24, 2.45) is 0 Å². The van der Waals surface area contributed by atoms with E-state index >= 15 is 0 Å². The van der Waals surface area contributed by atoms with Crippen LogP contribution in [0.1, 0.15) is 49.3 Å². The third-order valence-electron chi connectivity index (χ3n) is 5.78. The van der Waals surface area contributed by atoms with Crippen LogP contribution in [0.2, 0.25) is 0 Å². The van der Waals surface area contributed by atoms with Crippen molar-refractivity contribution in [3.05, 3.63) is 65.0 Å². The fourth-order valence-electron chi connectivity index (χ4n) is 4.02. The topological polar surface area (TPSA) is 23.6 Å². The normalized spacial score (nSPS) is 15.8. The van der Waals surface area contributed by atoms with Gasteiger partial charge in [0.15, 0.2) is 0 Å². The Morgan fingerprint density at radius 1 is 1.10 bits per heavy atom. The zero-order valence-corrected chi connectivity index (χ0v) is 17.9. The number of hydrogen-bond acceptors (Lipinski definition) is 2. The molecular formula is C24H28F4N2O. The minimum absolute atomic E-state index is 0.00746. The maximum atomic E-state index is 14.1. The average molecular weight is 436 g/mol. The molecule has 1 fully saturated rings. The first kappa shape index (κ1) is 23.3. The van der Waals surface area contributed by atoms with Gasteiger partial charge in [-0.05, 0) is 61.6 Å². The summed E-state index contributed by atoms with van der Waals surface area (Å²) in [6.45, 7) is 5.63. The molecule has 1 aliphatic rings. The summed E-state index contributed by atoms with van der Waals surface area (Å²) in [5, 5.41) is 0. The Hall–Kier alpha value is -2.41. The zero-order chi connectivity index (χ0) is 22.6. The lowest BCUT2D eigenvalue weighted by molar-refractivity contribution is -0.137. The van der Waals surface area contributed by atoms with Crippen molar-refractivity contribution in [1.29, 1.82) is 0 Å². The minimum atomic E-state index is -4.33. The van der Waals surface area contributed by atoms with Crippen LogP contribution in [-0.2, 0) is 17.5 Å². The standard InChI is InChI=1S/C24H28F4N2O/c1-3-4-23(31)30(21-10-5-17(2)22(25)15-21)20-11-13-29(14-12-20)16-18-6-8-19(9-7-18)24(26,27)28/h5-10,15,20H,3-4,11-14,16H2,1-2H3. The van der Waals surface area contributed by atoms with Gasteiger partial charge in [-0.15, -0.1) is 0 Å². The highest BCUT2D eigenvalue weighted by molar-refractivity contribution is 5.94. The van der Waals surface area contributed by atoms with Crippen molar-refractivity contribution in [3.8, 4) is 0 Å². The Bertz CT molecular complexity index is 887. The van der Waals surface area contributed by atoms with Crippen molar-refractivity contribution in [2.45, 2.75) is 58.3 Å². The van der Waals surface area contributed by atoms with Gasteiger partial charge in [0.2, 0.25) is 5.91 Å². The molecule has 0 aromatic heterocycles. The van der Waals surface area contributed by atoms with Crippen LogP contribution in [0.3, 0.4) is 0 Å². The Kier molecular flexibility index (Phi) is 7.36. The summed E-state index contributed by atoms with van der Waals surface area (Å²) in [6, 6.07) is 10.1. The average Bonchev–Trinajstić information content (AvgIpc) is 2.72. The lowest BCUT2D eigenvalue weighted by Crippen LogP contribution is -2.47. The smallest absolute Gasteiger partial charge is 0.309 e. The summed E-state index contributed by atoms with van der Waals surface area (Å²) >= 11 is 0. The molecule has 0 aliphatic carbocycles. The Morgan fingerprint density at radius 2 is 1.74 bits per heavy atom. The fourth-order valence-corrected chi connectivity index (χ4v) is 4.02. The van der Waals surface area contributed by atoms with Gasteiger partial charge in [0.1, 0.15) is 5.82 Å². The maximum Gasteiger partial charge on any atom is 0.416 e. The molecule has 0 radical (unpaired) electrons. The summed E-state index contributed by atoms with van der Waals surface area (Å²) in [5.41, 5.74) is 1.30. The maximum absolute atomic E-state index is 14.1. The molecule has 0 N–H and O–H groups in total. The largest absolute Gasteiger partial charge is 0.416 e. The summed E-state index contributed by atoms with van der Waals surface area (Å²) in [7, 11) is 0. The van der Waals surface area contributed by atoms with Gasteiger partial charge in [-0.1, -0.05) is 25.1 Å². The van der Waals surface area contributed by atoms with E-state index in [0.29, 0.717) is 24.2 Å². The predicted molar refractivity (Wildman–Crippen MR) is 113 cm³/mol. The predicted octanol–water partition coefficient (Wildman–Crippen LogP) is 5.95.